The van der Waals surface area contributed by atoms with Gasteiger partial charge in [0.15, 0.2) is 0 Å². The Labute approximate surface area is 164 Å². The average Bonchev–Trinajstić information content (AvgIpc) is 2.68. The third-order valence-electron chi connectivity index (χ3n) is 4.68. The van der Waals surface area contributed by atoms with E-state index in [0.717, 1.165) is 32.1 Å². The molecule has 0 radical (unpaired) electrons. The smallest absolute Gasteiger partial charge is 0.274 e. The molecule has 1 unspecified atom stereocenters. The molecule has 5 nitrogen and oxygen atoms in total. The first-order valence-corrected chi connectivity index (χ1v) is 10.4. The van der Waals surface area contributed by atoms with E-state index in [1.807, 2.05) is 18.2 Å². The maximum atomic E-state index is 12.1. The summed E-state index contributed by atoms with van der Waals surface area (Å²) in [5.41, 5.74) is 8.36. The first-order chi connectivity index (χ1) is 13.1. The number of unbranched alkanes of at least 4 members (excludes halogenated alkanes) is 7. The van der Waals surface area contributed by atoms with Crippen molar-refractivity contribution >= 4 is 11.8 Å². The normalized spacial score (nSPS) is 11.9. The van der Waals surface area contributed by atoms with Gasteiger partial charge in [0, 0.05) is 12.0 Å². The summed E-state index contributed by atoms with van der Waals surface area (Å²) in [5, 5.41) is 0. The molecule has 27 heavy (non-hydrogen) atoms. The Balaban J connectivity index is 2.33. The standard InChI is InChI=1S/C22H36N2O3/c1-2-3-4-5-6-7-11-16-20(17-12-13-18-21(23)25)27-24-22(26)19-14-9-8-10-15-19/h8-10,14-15,20H,2-7,11-13,16-18H2,1H3,(H2,23,25)(H,24,26). The number of carbonyl (C=O) groups excluding carboxylic acids is 2. The molecular formula is C22H36N2O3. The van der Waals surface area contributed by atoms with Gasteiger partial charge in [0.05, 0.1) is 6.10 Å². The number of hydrogen-bond donors (Lipinski definition) is 2. The van der Waals surface area contributed by atoms with Crippen molar-refractivity contribution in [1.82, 2.24) is 5.48 Å². The molecule has 152 valence electrons. The summed E-state index contributed by atoms with van der Waals surface area (Å²) >= 11 is 0. The molecule has 0 fully saturated rings. The predicted octanol–water partition coefficient (Wildman–Crippen LogP) is 4.90. The molecule has 3 N–H and O–H groups in total. The minimum atomic E-state index is -0.267. The molecule has 2 amide bonds. The van der Waals surface area contributed by atoms with Gasteiger partial charge in [0.1, 0.15) is 0 Å². The second-order valence-electron chi connectivity index (χ2n) is 7.16. The van der Waals surface area contributed by atoms with Crippen LogP contribution < -0.4 is 11.2 Å². The first-order valence-electron chi connectivity index (χ1n) is 10.4. The SMILES string of the molecule is CCCCCCCCCC(CCCCC(N)=O)ONC(=O)c1ccccc1. The molecule has 1 atom stereocenters. The molecule has 0 saturated heterocycles. The van der Waals surface area contributed by atoms with Crippen LogP contribution in [0.25, 0.3) is 0 Å². The van der Waals surface area contributed by atoms with Gasteiger partial charge in [0.2, 0.25) is 5.91 Å². The maximum Gasteiger partial charge on any atom is 0.274 e. The van der Waals surface area contributed by atoms with E-state index in [1.165, 1.54) is 38.5 Å². The van der Waals surface area contributed by atoms with Gasteiger partial charge in [-0.25, -0.2) is 5.48 Å². The minimum Gasteiger partial charge on any atom is -0.370 e. The molecule has 0 aliphatic rings. The van der Waals surface area contributed by atoms with Gasteiger partial charge in [-0.2, -0.15) is 0 Å². The number of amides is 2. The second kappa shape index (κ2) is 15.2. The van der Waals surface area contributed by atoms with Crippen LogP contribution in [0.5, 0.6) is 0 Å². The topological polar surface area (TPSA) is 81.4 Å². The van der Waals surface area contributed by atoms with Crippen LogP contribution in [0.4, 0.5) is 0 Å². The van der Waals surface area contributed by atoms with Crippen LogP contribution in [0.1, 0.15) is 94.3 Å². The Kier molecular flexibility index (Phi) is 13.0. The fraction of sp³-hybridized carbons (Fsp3) is 0.636. The molecule has 0 aliphatic carbocycles. The van der Waals surface area contributed by atoms with E-state index in [-0.39, 0.29) is 17.9 Å². The zero-order valence-electron chi connectivity index (χ0n) is 16.8. The Hall–Kier alpha value is -1.88. The van der Waals surface area contributed by atoms with E-state index in [9.17, 15) is 9.59 Å². The Morgan fingerprint density at radius 1 is 0.926 bits per heavy atom. The van der Waals surface area contributed by atoms with Gasteiger partial charge in [-0.05, 0) is 31.4 Å². The summed E-state index contributed by atoms with van der Waals surface area (Å²) in [6.07, 6.45) is 12.5. The van der Waals surface area contributed by atoms with Crippen molar-refractivity contribution < 1.29 is 14.4 Å². The predicted molar refractivity (Wildman–Crippen MR) is 109 cm³/mol. The Bertz CT molecular complexity index is 520. The third-order valence-corrected chi connectivity index (χ3v) is 4.68. The minimum absolute atomic E-state index is 0.0267. The van der Waals surface area contributed by atoms with Crippen LogP contribution in [-0.2, 0) is 9.63 Å². The molecule has 5 heteroatoms. The van der Waals surface area contributed by atoms with Crippen molar-refractivity contribution in [2.75, 3.05) is 0 Å². The molecular weight excluding hydrogens is 340 g/mol. The number of carbonyl (C=O) groups is 2. The van der Waals surface area contributed by atoms with Crippen molar-refractivity contribution in [1.29, 1.82) is 0 Å². The second-order valence-corrected chi connectivity index (χ2v) is 7.16. The van der Waals surface area contributed by atoms with Crippen LogP contribution >= 0.6 is 0 Å². The maximum absolute atomic E-state index is 12.1. The van der Waals surface area contributed by atoms with Crippen LogP contribution in [0, 0.1) is 0 Å². The van der Waals surface area contributed by atoms with E-state index in [1.54, 1.807) is 12.1 Å². The summed E-state index contributed by atoms with van der Waals surface area (Å²) in [6, 6.07) is 9.05. The van der Waals surface area contributed by atoms with E-state index in [2.05, 4.69) is 12.4 Å². The molecule has 1 aromatic carbocycles. The number of hydroxylamine groups is 1. The summed E-state index contributed by atoms with van der Waals surface area (Å²) < 4.78 is 0. The van der Waals surface area contributed by atoms with Gasteiger partial charge in [-0.3, -0.25) is 14.4 Å². The molecule has 1 rings (SSSR count). The molecule has 0 heterocycles. The Morgan fingerprint density at radius 2 is 1.52 bits per heavy atom. The summed E-state index contributed by atoms with van der Waals surface area (Å²) in [4.78, 5) is 28.7. The molecule has 1 aromatic rings. The van der Waals surface area contributed by atoms with Crippen molar-refractivity contribution in [3.63, 3.8) is 0 Å². The zero-order valence-corrected chi connectivity index (χ0v) is 16.8. The molecule has 0 bridgehead atoms. The van der Waals surface area contributed by atoms with Gasteiger partial charge < -0.3 is 5.73 Å². The van der Waals surface area contributed by atoms with Crippen molar-refractivity contribution in [2.45, 2.75) is 90.1 Å². The van der Waals surface area contributed by atoms with E-state index >= 15 is 0 Å². The molecule has 0 aliphatic heterocycles. The first kappa shape index (κ1) is 23.2. The lowest BCUT2D eigenvalue weighted by Gasteiger charge is -2.18. The molecule has 0 spiro atoms. The van der Waals surface area contributed by atoms with Gasteiger partial charge >= 0.3 is 0 Å². The lowest BCUT2D eigenvalue weighted by molar-refractivity contribution is -0.118. The van der Waals surface area contributed by atoms with Crippen molar-refractivity contribution in [2.24, 2.45) is 5.73 Å². The number of benzene rings is 1. The monoisotopic (exact) mass is 376 g/mol. The number of nitrogens with two attached hydrogens (primary N) is 1. The largest absolute Gasteiger partial charge is 0.370 e. The third kappa shape index (κ3) is 12.2. The summed E-state index contributed by atoms with van der Waals surface area (Å²) in [5.74, 6) is -0.491. The molecule has 0 aromatic heterocycles. The fourth-order valence-corrected chi connectivity index (χ4v) is 3.05. The van der Waals surface area contributed by atoms with Crippen molar-refractivity contribution in [3.05, 3.63) is 35.9 Å². The average molecular weight is 377 g/mol. The van der Waals surface area contributed by atoms with Crippen LogP contribution in [0.3, 0.4) is 0 Å². The van der Waals surface area contributed by atoms with Crippen LogP contribution in [0.15, 0.2) is 30.3 Å². The lowest BCUT2D eigenvalue weighted by atomic mass is 10.0. The van der Waals surface area contributed by atoms with E-state index in [4.69, 9.17) is 10.6 Å². The number of rotatable bonds is 16. The lowest BCUT2D eigenvalue weighted by Crippen LogP contribution is -2.29. The van der Waals surface area contributed by atoms with Crippen LogP contribution in [0.2, 0.25) is 0 Å². The number of hydrogen-bond acceptors (Lipinski definition) is 3. The highest BCUT2D eigenvalue weighted by atomic mass is 16.7. The number of nitrogens with one attached hydrogen (secondary N) is 1. The van der Waals surface area contributed by atoms with Gasteiger partial charge in [-0.15, -0.1) is 0 Å². The Morgan fingerprint density at radius 3 is 2.15 bits per heavy atom. The number of primary amides is 1. The highest BCUT2D eigenvalue weighted by Gasteiger charge is 2.13. The summed E-state index contributed by atoms with van der Waals surface area (Å²) in [7, 11) is 0. The highest BCUT2D eigenvalue weighted by Crippen LogP contribution is 2.15. The van der Waals surface area contributed by atoms with E-state index in [0.29, 0.717) is 12.0 Å². The fourth-order valence-electron chi connectivity index (χ4n) is 3.05. The van der Waals surface area contributed by atoms with Gasteiger partial charge in [0.25, 0.3) is 5.91 Å². The summed E-state index contributed by atoms with van der Waals surface area (Å²) in [6.45, 7) is 2.23. The van der Waals surface area contributed by atoms with Gasteiger partial charge in [-0.1, -0.05) is 76.5 Å². The van der Waals surface area contributed by atoms with E-state index < -0.39 is 0 Å². The zero-order chi connectivity index (χ0) is 19.7. The van der Waals surface area contributed by atoms with Crippen molar-refractivity contribution in [3.8, 4) is 0 Å². The quantitative estimate of drug-likeness (QED) is 0.318. The molecule has 0 saturated carbocycles. The van der Waals surface area contributed by atoms with Crippen LogP contribution in [-0.4, -0.2) is 17.9 Å². The highest BCUT2D eigenvalue weighted by molar-refractivity contribution is 5.93.